The van der Waals surface area contributed by atoms with Crippen molar-refractivity contribution < 1.29 is 4.79 Å². The van der Waals surface area contributed by atoms with E-state index in [1.54, 1.807) is 6.33 Å². The quantitative estimate of drug-likeness (QED) is 0.866. The number of benzene rings is 1. The van der Waals surface area contributed by atoms with Gasteiger partial charge in [-0.3, -0.25) is 4.79 Å². The van der Waals surface area contributed by atoms with Crippen LogP contribution in [0.15, 0.2) is 36.7 Å². The highest BCUT2D eigenvalue weighted by atomic mass is 35.5. The third-order valence-corrected chi connectivity index (χ3v) is 4.23. The molecule has 0 N–H and O–H groups in total. The predicted octanol–water partition coefficient (Wildman–Crippen LogP) is 2.33. The van der Waals surface area contributed by atoms with Crippen LogP contribution in [0.3, 0.4) is 0 Å². The number of hydrogen-bond donors (Lipinski definition) is 0. The minimum Gasteiger partial charge on any atom is -0.353 e. The summed E-state index contributed by atoms with van der Waals surface area (Å²) >= 11 is 5.97. The summed E-state index contributed by atoms with van der Waals surface area (Å²) in [6.45, 7) is 4.95. The molecule has 0 saturated carbocycles. The van der Waals surface area contributed by atoms with Crippen LogP contribution in [-0.2, 0) is 11.2 Å². The van der Waals surface area contributed by atoms with Crippen LogP contribution >= 0.6 is 11.6 Å². The summed E-state index contributed by atoms with van der Waals surface area (Å²) in [7, 11) is 0. The van der Waals surface area contributed by atoms with Crippen LogP contribution in [0.5, 0.6) is 0 Å². The zero-order valence-electron chi connectivity index (χ0n) is 13.1. The van der Waals surface area contributed by atoms with Crippen molar-refractivity contribution in [3.05, 3.63) is 52.9 Å². The molecule has 1 saturated heterocycles. The SMILES string of the molecule is Cc1cc(N2CCN(C(=O)Cc3cccc(Cl)c3)CC2)ncn1. The maximum absolute atomic E-state index is 12.4. The van der Waals surface area contributed by atoms with Gasteiger partial charge in [-0.25, -0.2) is 9.97 Å². The van der Waals surface area contributed by atoms with Crippen LogP contribution < -0.4 is 4.90 Å². The Morgan fingerprint density at radius 2 is 1.96 bits per heavy atom. The lowest BCUT2D eigenvalue weighted by atomic mass is 10.1. The van der Waals surface area contributed by atoms with E-state index >= 15 is 0 Å². The number of piperazine rings is 1. The van der Waals surface area contributed by atoms with E-state index in [1.165, 1.54) is 0 Å². The Labute approximate surface area is 140 Å². The second-order valence-electron chi connectivity index (χ2n) is 5.69. The van der Waals surface area contributed by atoms with E-state index < -0.39 is 0 Å². The highest BCUT2D eigenvalue weighted by molar-refractivity contribution is 6.30. The van der Waals surface area contributed by atoms with Crippen LogP contribution in [-0.4, -0.2) is 47.0 Å². The summed E-state index contributed by atoms with van der Waals surface area (Å²) in [4.78, 5) is 24.9. The lowest BCUT2D eigenvalue weighted by Crippen LogP contribution is -2.49. The van der Waals surface area contributed by atoms with Crippen molar-refractivity contribution >= 4 is 23.3 Å². The van der Waals surface area contributed by atoms with E-state index in [-0.39, 0.29) is 5.91 Å². The molecule has 120 valence electrons. The number of nitrogens with zero attached hydrogens (tertiary/aromatic N) is 4. The van der Waals surface area contributed by atoms with Gasteiger partial charge in [0.05, 0.1) is 6.42 Å². The number of rotatable bonds is 3. The van der Waals surface area contributed by atoms with E-state index in [0.717, 1.165) is 30.2 Å². The van der Waals surface area contributed by atoms with Crippen LogP contribution in [0.2, 0.25) is 5.02 Å². The van der Waals surface area contributed by atoms with Crippen LogP contribution in [0, 0.1) is 6.92 Å². The number of aromatic nitrogens is 2. The lowest BCUT2D eigenvalue weighted by molar-refractivity contribution is -0.130. The van der Waals surface area contributed by atoms with Gasteiger partial charge in [-0.15, -0.1) is 0 Å². The molecule has 6 heteroatoms. The first-order chi connectivity index (χ1) is 11.1. The maximum Gasteiger partial charge on any atom is 0.227 e. The molecule has 0 atom stereocenters. The smallest absolute Gasteiger partial charge is 0.227 e. The molecule has 3 rings (SSSR count). The summed E-state index contributed by atoms with van der Waals surface area (Å²) in [6, 6.07) is 9.45. The first-order valence-electron chi connectivity index (χ1n) is 7.67. The van der Waals surface area contributed by atoms with Crippen molar-refractivity contribution in [1.82, 2.24) is 14.9 Å². The van der Waals surface area contributed by atoms with Gasteiger partial charge >= 0.3 is 0 Å². The minimum atomic E-state index is 0.144. The molecule has 1 aromatic heterocycles. The van der Waals surface area contributed by atoms with Gasteiger partial charge in [0.25, 0.3) is 0 Å². The predicted molar refractivity (Wildman–Crippen MR) is 90.7 cm³/mol. The highest BCUT2D eigenvalue weighted by Gasteiger charge is 2.22. The molecule has 2 aromatic rings. The van der Waals surface area contributed by atoms with Gasteiger partial charge in [0.2, 0.25) is 5.91 Å². The van der Waals surface area contributed by atoms with Crippen molar-refractivity contribution in [2.24, 2.45) is 0 Å². The zero-order chi connectivity index (χ0) is 16.2. The second kappa shape index (κ2) is 6.96. The zero-order valence-corrected chi connectivity index (χ0v) is 13.8. The molecule has 1 amide bonds. The first-order valence-corrected chi connectivity index (χ1v) is 8.05. The monoisotopic (exact) mass is 330 g/mol. The van der Waals surface area contributed by atoms with Crippen molar-refractivity contribution in [2.45, 2.75) is 13.3 Å². The van der Waals surface area contributed by atoms with Gasteiger partial charge in [0.1, 0.15) is 12.1 Å². The number of aryl methyl sites for hydroxylation is 1. The summed E-state index contributed by atoms with van der Waals surface area (Å²) in [5.74, 6) is 1.07. The van der Waals surface area contributed by atoms with Gasteiger partial charge in [0, 0.05) is 43.0 Å². The molecule has 23 heavy (non-hydrogen) atoms. The molecule has 1 aliphatic rings. The van der Waals surface area contributed by atoms with Crippen molar-refractivity contribution in [3.8, 4) is 0 Å². The van der Waals surface area contributed by atoms with Crippen molar-refractivity contribution in [1.29, 1.82) is 0 Å². The number of amides is 1. The Hall–Kier alpha value is -2.14. The Morgan fingerprint density at radius 1 is 1.17 bits per heavy atom. The van der Waals surface area contributed by atoms with Crippen LogP contribution in [0.25, 0.3) is 0 Å². The summed E-state index contributed by atoms with van der Waals surface area (Å²) in [5, 5.41) is 0.666. The summed E-state index contributed by atoms with van der Waals surface area (Å²) in [6.07, 6.45) is 1.98. The maximum atomic E-state index is 12.4. The molecule has 5 nitrogen and oxygen atoms in total. The first kappa shape index (κ1) is 15.7. The molecule has 1 aliphatic heterocycles. The standard InChI is InChI=1S/C17H19ClN4O/c1-13-9-16(20-12-19-13)21-5-7-22(8-6-21)17(23)11-14-3-2-4-15(18)10-14/h2-4,9-10,12H,5-8,11H2,1H3. The molecular formula is C17H19ClN4O. The molecule has 0 radical (unpaired) electrons. The number of carbonyl (C=O) groups is 1. The van der Waals surface area contributed by atoms with E-state index in [0.29, 0.717) is 24.5 Å². The number of halogens is 1. The Balaban J connectivity index is 1.57. The fourth-order valence-electron chi connectivity index (χ4n) is 2.73. The highest BCUT2D eigenvalue weighted by Crippen LogP contribution is 2.15. The van der Waals surface area contributed by atoms with Gasteiger partial charge in [-0.2, -0.15) is 0 Å². The normalized spacial score (nSPS) is 14.9. The molecule has 1 fully saturated rings. The fraction of sp³-hybridized carbons (Fsp3) is 0.353. The molecule has 1 aromatic carbocycles. The minimum absolute atomic E-state index is 0.144. The molecule has 0 spiro atoms. The Kier molecular flexibility index (Phi) is 4.76. The van der Waals surface area contributed by atoms with Crippen LogP contribution in [0.1, 0.15) is 11.3 Å². The largest absolute Gasteiger partial charge is 0.353 e. The van der Waals surface area contributed by atoms with E-state index in [4.69, 9.17) is 11.6 Å². The summed E-state index contributed by atoms with van der Waals surface area (Å²) in [5.41, 5.74) is 1.91. The van der Waals surface area contributed by atoms with Gasteiger partial charge in [-0.1, -0.05) is 23.7 Å². The Bertz CT molecular complexity index is 698. The van der Waals surface area contributed by atoms with Crippen LogP contribution in [0.4, 0.5) is 5.82 Å². The average molecular weight is 331 g/mol. The van der Waals surface area contributed by atoms with E-state index in [2.05, 4.69) is 14.9 Å². The Morgan fingerprint density at radius 3 is 2.65 bits per heavy atom. The number of carbonyl (C=O) groups excluding carboxylic acids is 1. The van der Waals surface area contributed by atoms with E-state index in [9.17, 15) is 4.79 Å². The second-order valence-corrected chi connectivity index (χ2v) is 6.13. The molecule has 2 heterocycles. The number of anilines is 1. The van der Waals surface area contributed by atoms with Gasteiger partial charge < -0.3 is 9.80 Å². The molecule has 0 bridgehead atoms. The topological polar surface area (TPSA) is 49.3 Å². The average Bonchev–Trinajstić information content (AvgIpc) is 2.55. The third-order valence-electron chi connectivity index (χ3n) is 3.99. The number of hydrogen-bond acceptors (Lipinski definition) is 4. The van der Waals surface area contributed by atoms with Gasteiger partial charge in [-0.05, 0) is 24.6 Å². The molecule has 0 unspecified atom stereocenters. The third kappa shape index (κ3) is 3.99. The van der Waals surface area contributed by atoms with Crippen molar-refractivity contribution in [3.63, 3.8) is 0 Å². The summed E-state index contributed by atoms with van der Waals surface area (Å²) < 4.78 is 0. The molecule has 0 aliphatic carbocycles. The van der Waals surface area contributed by atoms with Gasteiger partial charge in [0.15, 0.2) is 0 Å². The van der Waals surface area contributed by atoms with E-state index in [1.807, 2.05) is 42.2 Å². The fourth-order valence-corrected chi connectivity index (χ4v) is 2.94. The lowest BCUT2D eigenvalue weighted by Gasteiger charge is -2.35. The molecular weight excluding hydrogens is 312 g/mol. The van der Waals surface area contributed by atoms with Crippen molar-refractivity contribution in [2.75, 3.05) is 31.1 Å².